The Balaban J connectivity index is 3.02. The number of nitrogens with zero attached hydrogens (tertiary/aromatic N) is 1. The van der Waals surface area contributed by atoms with E-state index in [9.17, 15) is 4.79 Å². The Hall–Kier alpha value is -1.07. The molecule has 14 heavy (non-hydrogen) atoms. The molecule has 0 aliphatic heterocycles. The van der Waals surface area contributed by atoms with Crippen molar-refractivity contribution in [2.75, 3.05) is 19.9 Å². The number of nitrogens with two attached hydrogens (primary N) is 1. The van der Waals surface area contributed by atoms with Gasteiger partial charge in [0, 0.05) is 17.2 Å². The maximum absolute atomic E-state index is 11.6. The van der Waals surface area contributed by atoms with Gasteiger partial charge < -0.3 is 5.73 Å². The highest BCUT2D eigenvalue weighted by atomic mass is 79.9. The van der Waals surface area contributed by atoms with Gasteiger partial charge in [-0.25, -0.2) is 5.06 Å². The molecule has 0 aliphatic rings. The zero-order chi connectivity index (χ0) is 10.7. The van der Waals surface area contributed by atoms with Gasteiger partial charge >= 0.3 is 0 Å². The highest BCUT2D eigenvalue weighted by molar-refractivity contribution is 9.10. The summed E-state index contributed by atoms with van der Waals surface area (Å²) in [5, 5.41) is 1.15. The number of benzene rings is 1. The number of anilines is 1. The van der Waals surface area contributed by atoms with Crippen molar-refractivity contribution in [2.24, 2.45) is 0 Å². The van der Waals surface area contributed by atoms with E-state index in [0.29, 0.717) is 15.7 Å². The third kappa shape index (κ3) is 2.24. The van der Waals surface area contributed by atoms with Crippen molar-refractivity contribution in [3.05, 3.63) is 28.2 Å². The Morgan fingerprint density at radius 2 is 2.21 bits per heavy atom. The molecule has 0 unspecified atom stereocenters. The van der Waals surface area contributed by atoms with Crippen LogP contribution in [-0.2, 0) is 4.84 Å². The van der Waals surface area contributed by atoms with Gasteiger partial charge in [-0.3, -0.25) is 9.63 Å². The molecule has 0 saturated carbocycles. The molecule has 76 valence electrons. The second-order valence-electron chi connectivity index (χ2n) is 2.72. The summed E-state index contributed by atoms with van der Waals surface area (Å²) in [6.07, 6.45) is 0. The molecule has 1 rings (SSSR count). The Labute approximate surface area is 90.7 Å². The van der Waals surface area contributed by atoms with E-state index in [1.54, 1.807) is 25.2 Å². The zero-order valence-corrected chi connectivity index (χ0v) is 9.54. The number of hydrogen-bond donors (Lipinski definition) is 1. The normalized spacial score (nSPS) is 9.93. The molecule has 0 atom stereocenters. The first-order valence-corrected chi connectivity index (χ1v) is 4.72. The van der Waals surface area contributed by atoms with Gasteiger partial charge in [0.1, 0.15) is 0 Å². The second-order valence-corrected chi connectivity index (χ2v) is 3.58. The lowest BCUT2D eigenvalue weighted by Crippen LogP contribution is -2.25. The fraction of sp³-hybridized carbons (Fsp3) is 0.222. The fourth-order valence-electron chi connectivity index (χ4n) is 0.957. The smallest absolute Gasteiger partial charge is 0.278 e. The lowest BCUT2D eigenvalue weighted by atomic mass is 10.2. The van der Waals surface area contributed by atoms with E-state index in [1.165, 1.54) is 7.11 Å². The van der Waals surface area contributed by atoms with Crippen LogP contribution in [0, 0.1) is 0 Å². The number of halogens is 1. The number of nitrogen functional groups attached to an aromatic ring is 1. The van der Waals surface area contributed by atoms with Crippen LogP contribution in [0.25, 0.3) is 0 Å². The molecule has 0 spiro atoms. The first kappa shape index (κ1) is 11.0. The van der Waals surface area contributed by atoms with Crippen LogP contribution in [0.1, 0.15) is 10.4 Å². The minimum atomic E-state index is -0.223. The number of carbonyl (C=O) groups excluding carboxylic acids is 1. The summed E-state index contributed by atoms with van der Waals surface area (Å²) in [5.41, 5.74) is 6.67. The maximum Gasteiger partial charge on any atom is 0.278 e. The van der Waals surface area contributed by atoms with Gasteiger partial charge in [-0.1, -0.05) is 0 Å². The molecule has 0 heterocycles. The monoisotopic (exact) mass is 258 g/mol. The summed E-state index contributed by atoms with van der Waals surface area (Å²) in [4.78, 5) is 16.4. The fourth-order valence-corrected chi connectivity index (χ4v) is 1.52. The minimum absolute atomic E-state index is 0.223. The molecule has 0 bridgehead atoms. The molecule has 0 aromatic heterocycles. The Morgan fingerprint density at radius 1 is 1.57 bits per heavy atom. The van der Waals surface area contributed by atoms with Crippen molar-refractivity contribution in [1.82, 2.24) is 5.06 Å². The molecule has 5 heteroatoms. The van der Waals surface area contributed by atoms with Crippen molar-refractivity contribution in [2.45, 2.75) is 0 Å². The number of carbonyl (C=O) groups is 1. The maximum atomic E-state index is 11.6. The van der Waals surface area contributed by atoms with Crippen molar-refractivity contribution >= 4 is 27.5 Å². The molecule has 1 aromatic rings. The van der Waals surface area contributed by atoms with Crippen LogP contribution in [0.15, 0.2) is 22.7 Å². The van der Waals surface area contributed by atoms with E-state index >= 15 is 0 Å². The quantitative estimate of drug-likeness (QED) is 0.649. The van der Waals surface area contributed by atoms with Gasteiger partial charge in [0.15, 0.2) is 0 Å². The van der Waals surface area contributed by atoms with Crippen molar-refractivity contribution in [3.63, 3.8) is 0 Å². The van der Waals surface area contributed by atoms with Crippen LogP contribution in [0.4, 0.5) is 5.69 Å². The van der Waals surface area contributed by atoms with Gasteiger partial charge in [-0.05, 0) is 34.1 Å². The van der Waals surface area contributed by atoms with Crippen LogP contribution < -0.4 is 5.73 Å². The van der Waals surface area contributed by atoms with Gasteiger partial charge in [0.05, 0.1) is 12.7 Å². The topological polar surface area (TPSA) is 55.6 Å². The van der Waals surface area contributed by atoms with E-state index in [0.717, 1.165) is 5.06 Å². The summed E-state index contributed by atoms with van der Waals surface area (Å²) in [5.74, 6) is -0.223. The molecule has 0 radical (unpaired) electrons. The van der Waals surface area contributed by atoms with E-state index < -0.39 is 0 Å². The molecule has 4 nitrogen and oxygen atoms in total. The number of amides is 1. The van der Waals surface area contributed by atoms with Crippen molar-refractivity contribution in [3.8, 4) is 0 Å². The van der Waals surface area contributed by atoms with Gasteiger partial charge in [0.2, 0.25) is 0 Å². The highest BCUT2D eigenvalue weighted by Gasteiger charge is 2.14. The molecule has 0 fully saturated rings. The molecule has 0 saturated heterocycles. The van der Waals surface area contributed by atoms with E-state index in [4.69, 9.17) is 10.6 Å². The van der Waals surface area contributed by atoms with E-state index in [1.807, 2.05) is 0 Å². The lowest BCUT2D eigenvalue weighted by Gasteiger charge is -2.14. The van der Waals surface area contributed by atoms with E-state index in [2.05, 4.69) is 15.9 Å². The summed E-state index contributed by atoms with van der Waals surface area (Å²) < 4.78 is 0.659. The standard InChI is InChI=1S/C9H11BrN2O2/c1-12(14-2)9(13)7-4-3-6(11)5-8(7)10/h3-5H,11H2,1-2H3. The Morgan fingerprint density at radius 3 is 2.71 bits per heavy atom. The van der Waals surface area contributed by atoms with Crippen LogP contribution >= 0.6 is 15.9 Å². The molecular weight excluding hydrogens is 248 g/mol. The first-order chi connectivity index (χ1) is 6.56. The van der Waals surface area contributed by atoms with Crippen LogP contribution in [0.2, 0.25) is 0 Å². The number of hydrogen-bond acceptors (Lipinski definition) is 3. The Kier molecular flexibility index (Phi) is 3.49. The zero-order valence-electron chi connectivity index (χ0n) is 7.95. The van der Waals surface area contributed by atoms with E-state index in [-0.39, 0.29) is 5.91 Å². The average Bonchev–Trinajstić information content (AvgIpc) is 2.15. The molecule has 1 amide bonds. The first-order valence-electron chi connectivity index (χ1n) is 3.93. The summed E-state index contributed by atoms with van der Waals surface area (Å²) in [6.45, 7) is 0. The largest absolute Gasteiger partial charge is 0.399 e. The van der Waals surface area contributed by atoms with Gasteiger partial charge in [0.25, 0.3) is 5.91 Å². The van der Waals surface area contributed by atoms with Crippen LogP contribution in [0.3, 0.4) is 0 Å². The number of hydroxylamine groups is 2. The van der Waals surface area contributed by atoms with Gasteiger partial charge in [-0.15, -0.1) is 0 Å². The average molecular weight is 259 g/mol. The SMILES string of the molecule is CON(C)C(=O)c1ccc(N)cc1Br. The highest BCUT2D eigenvalue weighted by Crippen LogP contribution is 2.20. The summed E-state index contributed by atoms with van der Waals surface area (Å²) in [7, 11) is 2.98. The van der Waals surface area contributed by atoms with Crippen molar-refractivity contribution < 1.29 is 9.63 Å². The predicted octanol–water partition coefficient (Wildman–Crippen LogP) is 1.66. The summed E-state index contributed by atoms with van der Waals surface area (Å²) in [6, 6.07) is 5.00. The summed E-state index contributed by atoms with van der Waals surface area (Å²) >= 11 is 3.26. The second kappa shape index (κ2) is 4.43. The van der Waals surface area contributed by atoms with Crippen molar-refractivity contribution in [1.29, 1.82) is 0 Å². The molecule has 2 N–H and O–H groups in total. The van der Waals surface area contributed by atoms with Crippen LogP contribution in [-0.4, -0.2) is 25.1 Å². The number of rotatable bonds is 2. The lowest BCUT2D eigenvalue weighted by molar-refractivity contribution is -0.0757. The third-order valence-electron chi connectivity index (χ3n) is 1.78. The Bertz CT molecular complexity index is 355. The molecule has 0 aliphatic carbocycles. The third-order valence-corrected chi connectivity index (χ3v) is 2.44. The molecule has 1 aromatic carbocycles. The molecular formula is C9H11BrN2O2. The van der Waals surface area contributed by atoms with Gasteiger partial charge in [-0.2, -0.15) is 0 Å². The minimum Gasteiger partial charge on any atom is -0.399 e. The van der Waals surface area contributed by atoms with Crippen LogP contribution in [0.5, 0.6) is 0 Å². The predicted molar refractivity (Wildman–Crippen MR) is 57.7 cm³/mol.